The number of carbonyl (C=O) groups excluding carboxylic acids is 2. The molecule has 0 aliphatic rings. The van der Waals surface area contributed by atoms with Crippen LogP contribution < -0.4 is 10.6 Å². The van der Waals surface area contributed by atoms with Crippen molar-refractivity contribution < 1.29 is 18.0 Å². The summed E-state index contributed by atoms with van der Waals surface area (Å²) >= 11 is 4.28. The van der Waals surface area contributed by atoms with Crippen molar-refractivity contribution in [1.82, 2.24) is 4.31 Å². The lowest BCUT2D eigenvalue weighted by Gasteiger charge is -2.21. The van der Waals surface area contributed by atoms with Gasteiger partial charge in [-0.1, -0.05) is 12.1 Å². The van der Waals surface area contributed by atoms with Gasteiger partial charge in [0.1, 0.15) is 4.21 Å². The number of halogens is 1. The van der Waals surface area contributed by atoms with Gasteiger partial charge in [0.05, 0.1) is 16.9 Å². The average Bonchev–Trinajstić information content (AvgIpc) is 3.20. The molecule has 0 aliphatic carbocycles. The van der Waals surface area contributed by atoms with Crippen molar-refractivity contribution in [2.75, 3.05) is 23.7 Å². The Morgan fingerprint density at radius 3 is 1.65 bits per heavy atom. The second kappa shape index (κ2) is 10.8. The number of amides is 2. The summed E-state index contributed by atoms with van der Waals surface area (Å²) in [4.78, 5) is 25.5. The van der Waals surface area contributed by atoms with Crippen LogP contribution in [-0.2, 0) is 19.6 Å². The maximum atomic E-state index is 13.3. The highest BCUT2D eigenvalue weighted by molar-refractivity contribution is 9.11. The van der Waals surface area contributed by atoms with Crippen LogP contribution in [0.25, 0.3) is 0 Å². The number of thiophene rings is 1. The van der Waals surface area contributed by atoms with E-state index in [9.17, 15) is 18.0 Å². The minimum absolute atomic E-state index is 0.0392. The monoisotopic (exact) mass is 563 g/mol. The van der Waals surface area contributed by atoms with E-state index in [0.717, 1.165) is 37.9 Å². The number of aryl methyl sites for hydroxylation is 4. The molecule has 1 aromatic heterocycles. The molecule has 34 heavy (non-hydrogen) atoms. The highest BCUT2D eigenvalue weighted by atomic mass is 79.9. The summed E-state index contributed by atoms with van der Waals surface area (Å²) in [6.45, 7) is 6.75. The van der Waals surface area contributed by atoms with Crippen molar-refractivity contribution in [1.29, 1.82) is 0 Å². The van der Waals surface area contributed by atoms with Crippen molar-refractivity contribution in [2.24, 2.45) is 0 Å². The van der Waals surface area contributed by atoms with Gasteiger partial charge in [-0.15, -0.1) is 11.3 Å². The molecule has 7 nitrogen and oxygen atoms in total. The molecule has 3 rings (SSSR count). The van der Waals surface area contributed by atoms with Gasteiger partial charge in [-0.2, -0.15) is 4.31 Å². The molecule has 0 aliphatic heterocycles. The summed E-state index contributed by atoms with van der Waals surface area (Å²) < 4.78 is 28.1. The summed E-state index contributed by atoms with van der Waals surface area (Å²) in [5.41, 5.74) is 5.27. The third-order valence-corrected chi connectivity index (χ3v) is 9.25. The lowest BCUT2D eigenvalue weighted by Crippen LogP contribution is -2.42. The summed E-state index contributed by atoms with van der Waals surface area (Å²) in [6, 6.07) is 13.9. The smallest absolute Gasteiger partial charge is 0.253 e. The standard InChI is InChI=1S/C24H26BrN3O4S2/c1-15-5-7-19(11-17(15)3)26-22(29)13-28(34(31,32)24-10-9-21(25)33-24)14-23(30)27-20-8-6-16(2)18(4)12-20/h5-12H,13-14H2,1-4H3,(H,26,29)(H,27,30). The quantitative estimate of drug-likeness (QED) is 0.402. The lowest BCUT2D eigenvalue weighted by molar-refractivity contribution is -0.118. The zero-order valence-corrected chi connectivity index (χ0v) is 22.5. The Hall–Kier alpha value is -2.53. The topological polar surface area (TPSA) is 95.6 Å². The molecule has 180 valence electrons. The maximum absolute atomic E-state index is 13.3. The van der Waals surface area contributed by atoms with Gasteiger partial charge in [0.25, 0.3) is 10.0 Å². The zero-order valence-electron chi connectivity index (χ0n) is 19.3. The van der Waals surface area contributed by atoms with Crippen LogP contribution in [-0.4, -0.2) is 37.6 Å². The van der Waals surface area contributed by atoms with E-state index < -0.39 is 34.9 Å². The number of carbonyl (C=O) groups is 2. The summed E-state index contributed by atoms with van der Waals surface area (Å²) in [5.74, 6) is -1.08. The number of rotatable bonds is 8. The fourth-order valence-corrected chi connectivity index (χ4v) is 6.67. The van der Waals surface area contributed by atoms with Gasteiger partial charge in [-0.25, -0.2) is 8.42 Å². The first kappa shape index (κ1) is 26.1. The van der Waals surface area contributed by atoms with Crippen molar-refractivity contribution >= 4 is 60.5 Å². The molecule has 0 atom stereocenters. The number of anilines is 2. The molecular weight excluding hydrogens is 538 g/mol. The Balaban J connectivity index is 1.81. The third kappa shape index (κ3) is 6.53. The molecule has 3 aromatic rings. The van der Waals surface area contributed by atoms with Gasteiger partial charge in [-0.3, -0.25) is 9.59 Å². The molecule has 0 spiro atoms. The first-order chi connectivity index (χ1) is 16.0. The number of hydrogen-bond acceptors (Lipinski definition) is 5. The van der Waals surface area contributed by atoms with Crippen molar-refractivity contribution in [2.45, 2.75) is 31.9 Å². The van der Waals surface area contributed by atoms with E-state index in [0.29, 0.717) is 15.2 Å². The Kier molecular flexibility index (Phi) is 8.29. The van der Waals surface area contributed by atoms with Crippen LogP contribution in [0, 0.1) is 27.7 Å². The number of hydrogen-bond donors (Lipinski definition) is 2. The van der Waals surface area contributed by atoms with Crippen LogP contribution >= 0.6 is 27.3 Å². The van der Waals surface area contributed by atoms with Gasteiger partial charge in [0, 0.05) is 11.4 Å². The van der Waals surface area contributed by atoms with Gasteiger partial charge < -0.3 is 10.6 Å². The number of benzene rings is 2. The van der Waals surface area contributed by atoms with Gasteiger partial charge in [0.15, 0.2) is 0 Å². The largest absolute Gasteiger partial charge is 0.325 e. The molecule has 0 radical (unpaired) electrons. The van der Waals surface area contributed by atoms with Crippen LogP contribution in [0.15, 0.2) is 56.5 Å². The van der Waals surface area contributed by atoms with Crippen LogP contribution in [0.3, 0.4) is 0 Å². The predicted octanol–water partition coefficient (Wildman–Crippen LogP) is 5.01. The minimum atomic E-state index is -4.08. The Bertz CT molecular complexity index is 1270. The zero-order chi connectivity index (χ0) is 25.0. The molecule has 2 amide bonds. The van der Waals surface area contributed by atoms with E-state index >= 15 is 0 Å². The van der Waals surface area contributed by atoms with Gasteiger partial charge in [-0.05, 0) is 102 Å². The minimum Gasteiger partial charge on any atom is -0.325 e. The van der Waals surface area contributed by atoms with E-state index in [4.69, 9.17) is 0 Å². The fraction of sp³-hybridized carbons (Fsp3) is 0.250. The molecule has 2 aromatic carbocycles. The maximum Gasteiger partial charge on any atom is 0.253 e. The van der Waals surface area contributed by atoms with E-state index in [1.54, 1.807) is 18.2 Å². The summed E-state index contributed by atoms with van der Waals surface area (Å²) in [5, 5.41) is 5.45. The molecular formula is C24H26BrN3O4S2. The van der Waals surface area contributed by atoms with Crippen LogP contribution in [0.2, 0.25) is 0 Å². The number of nitrogens with zero attached hydrogens (tertiary/aromatic N) is 1. The Labute approximate surface area is 212 Å². The number of nitrogens with one attached hydrogen (secondary N) is 2. The van der Waals surface area contributed by atoms with Crippen molar-refractivity contribution in [3.8, 4) is 0 Å². The molecule has 0 saturated carbocycles. The highest BCUT2D eigenvalue weighted by Gasteiger charge is 2.30. The second-order valence-electron chi connectivity index (χ2n) is 8.03. The molecule has 0 bridgehead atoms. The first-order valence-corrected chi connectivity index (χ1v) is 13.5. The van der Waals surface area contributed by atoms with Gasteiger partial charge in [0.2, 0.25) is 11.8 Å². The predicted molar refractivity (Wildman–Crippen MR) is 140 cm³/mol. The highest BCUT2D eigenvalue weighted by Crippen LogP contribution is 2.28. The van der Waals surface area contributed by atoms with E-state index in [1.807, 2.05) is 52.0 Å². The van der Waals surface area contributed by atoms with Crippen molar-refractivity contribution in [3.05, 3.63) is 74.6 Å². The van der Waals surface area contributed by atoms with E-state index in [2.05, 4.69) is 26.6 Å². The summed E-state index contributed by atoms with van der Waals surface area (Å²) in [7, 11) is -4.08. The average molecular weight is 565 g/mol. The molecule has 10 heteroatoms. The SMILES string of the molecule is Cc1ccc(NC(=O)CN(CC(=O)Nc2ccc(C)c(C)c2)S(=O)(=O)c2ccc(Br)s2)cc1C. The number of sulfonamides is 1. The Morgan fingerprint density at radius 2 is 1.26 bits per heavy atom. The fourth-order valence-electron chi connectivity index (χ4n) is 3.15. The van der Waals surface area contributed by atoms with Crippen LogP contribution in [0.1, 0.15) is 22.3 Å². The Morgan fingerprint density at radius 1 is 0.794 bits per heavy atom. The van der Waals surface area contributed by atoms with Crippen LogP contribution in [0.5, 0.6) is 0 Å². The second-order valence-corrected chi connectivity index (χ2v) is 12.7. The summed E-state index contributed by atoms with van der Waals surface area (Å²) in [6.07, 6.45) is 0. The van der Waals surface area contributed by atoms with Gasteiger partial charge >= 0.3 is 0 Å². The van der Waals surface area contributed by atoms with Crippen molar-refractivity contribution in [3.63, 3.8) is 0 Å². The first-order valence-electron chi connectivity index (χ1n) is 10.5. The normalized spacial score (nSPS) is 11.5. The molecule has 1 heterocycles. The molecule has 0 saturated heterocycles. The van der Waals surface area contributed by atoms with Crippen LogP contribution in [0.4, 0.5) is 11.4 Å². The van der Waals surface area contributed by atoms with E-state index in [-0.39, 0.29) is 4.21 Å². The lowest BCUT2D eigenvalue weighted by atomic mass is 10.1. The molecule has 0 fully saturated rings. The molecule has 2 N–H and O–H groups in total. The molecule has 0 unspecified atom stereocenters. The third-order valence-electron chi connectivity index (χ3n) is 5.36. The van der Waals surface area contributed by atoms with E-state index in [1.165, 1.54) is 6.07 Å².